The van der Waals surface area contributed by atoms with Gasteiger partial charge in [0.25, 0.3) is 0 Å². The highest BCUT2D eigenvalue weighted by molar-refractivity contribution is 7.99. The molecule has 0 bridgehead atoms. The maximum atomic E-state index is 12.8. The molecule has 0 N–H and O–H groups in total. The van der Waals surface area contributed by atoms with Gasteiger partial charge < -0.3 is 9.47 Å². The maximum Gasteiger partial charge on any atom is 0.192 e. The monoisotopic (exact) mass is 396 g/mol. The van der Waals surface area contributed by atoms with Gasteiger partial charge in [0.1, 0.15) is 11.5 Å². The summed E-state index contributed by atoms with van der Waals surface area (Å²) >= 11 is 1.39. The molecule has 0 unspecified atom stereocenters. The van der Waals surface area contributed by atoms with Crippen LogP contribution in [-0.2, 0) is 0 Å². The van der Waals surface area contributed by atoms with E-state index < -0.39 is 0 Å². The van der Waals surface area contributed by atoms with Crippen molar-refractivity contribution in [3.63, 3.8) is 0 Å². The van der Waals surface area contributed by atoms with Gasteiger partial charge in [0, 0.05) is 24.0 Å². The van der Waals surface area contributed by atoms with Crippen LogP contribution in [0.15, 0.2) is 47.9 Å². The quantitative estimate of drug-likeness (QED) is 0.425. The van der Waals surface area contributed by atoms with Gasteiger partial charge in [0.05, 0.1) is 25.5 Å². The minimum Gasteiger partial charge on any atom is -0.497 e. The van der Waals surface area contributed by atoms with Gasteiger partial charge in [-0.3, -0.25) is 14.3 Å². The number of methoxy groups -OCH3 is 2. The van der Waals surface area contributed by atoms with Gasteiger partial charge in [-0.25, -0.2) is 0 Å². The predicted octanol–water partition coefficient (Wildman–Crippen LogP) is 3.67. The molecule has 1 aliphatic rings. The van der Waals surface area contributed by atoms with Gasteiger partial charge in [-0.2, -0.15) is 0 Å². The highest BCUT2D eigenvalue weighted by Gasteiger charge is 2.30. The van der Waals surface area contributed by atoms with Crippen LogP contribution >= 0.6 is 11.8 Å². The molecular formula is C20H20N4O3S. The van der Waals surface area contributed by atoms with Crippen molar-refractivity contribution in [1.82, 2.24) is 19.7 Å². The number of ether oxygens (including phenoxy) is 2. The van der Waals surface area contributed by atoms with E-state index in [0.717, 1.165) is 29.4 Å². The van der Waals surface area contributed by atoms with Crippen LogP contribution in [0.1, 0.15) is 29.2 Å². The number of carbonyl (C=O) groups excluding carboxylic acids is 1. The maximum absolute atomic E-state index is 12.8. The van der Waals surface area contributed by atoms with Gasteiger partial charge in [-0.05, 0) is 43.2 Å². The van der Waals surface area contributed by atoms with Crippen LogP contribution in [0, 0.1) is 0 Å². The summed E-state index contributed by atoms with van der Waals surface area (Å²) in [5, 5.41) is 9.47. The minimum absolute atomic E-state index is 0.0449. The van der Waals surface area contributed by atoms with Crippen molar-refractivity contribution in [2.45, 2.75) is 24.0 Å². The molecule has 2 aromatic heterocycles. The first-order valence-corrected chi connectivity index (χ1v) is 9.93. The molecule has 1 fully saturated rings. The average molecular weight is 396 g/mol. The second-order valence-corrected chi connectivity index (χ2v) is 7.36. The minimum atomic E-state index is -0.0449. The molecule has 4 rings (SSSR count). The molecular weight excluding hydrogens is 376 g/mol. The number of pyridine rings is 1. The lowest BCUT2D eigenvalue weighted by Gasteiger charge is -2.10. The molecule has 0 amide bonds. The highest BCUT2D eigenvalue weighted by Crippen LogP contribution is 2.41. The molecule has 28 heavy (non-hydrogen) atoms. The van der Waals surface area contributed by atoms with Crippen LogP contribution < -0.4 is 9.47 Å². The van der Waals surface area contributed by atoms with E-state index in [0.29, 0.717) is 23.1 Å². The molecule has 0 saturated heterocycles. The van der Waals surface area contributed by atoms with E-state index in [4.69, 9.17) is 9.47 Å². The summed E-state index contributed by atoms with van der Waals surface area (Å²) in [7, 11) is 3.13. The Bertz CT molecular complexity index is 986. The van der Waals surface area contributed by atoms with Gasteiger partial charge >= 0.3 is 0 Å². The van der Waals surface area contributed by atoms with Crippen LogP contribution in [0.3, 0.4) is 0 Å². The number of hydrogen-bond acceptors (Lipinski definition) is 7. The Hall–Kier alpha value is -2.87. The number of aromatic nitrogens is 4. The Morgan fingerprint density at radius 1 is 1.14 bits per heavy atom. The predicted molar refractivity (Wildman–Crippen MR) is 106 cm³/mol. The van der Waals surface area contributed by atoms with E-state index in [1.165, 1.54) is 11.8 Å². The molecule has 2 heterocycles. The van der Waals surface area contributed by atoms with Crippen molar-refractivity contribution in [2.24, 2.45) is 0 Å². The van der Waals surface area contributed by atoms with E-state index in [1.807, 2.05) is 12.1 Å². The summed E-state index contributed by atoms with van der Waals surface area (Å²) in [6.45, 7) is 0. The van der Waals surface area contributed by atoms with Crippen LogP contribution in [0.5, 0.6) is 11.5 Å². The first-order chi connectivity index (χ1) is 13.7. The largest absolute Gasteiger partial charge is 0.497 e. The van der Waals surface area contributed by atoms with Gasteiger partial charge in [0.2, 0.25) is 0 Å². The zero-order chi connectivity index (χ0) is 19.5. The first-order valence-electron chi connectivity index (χ1n) is 8.94. The Labute approximate surface area is 167 Å². The highest BCUT2D eigenvalue weighted by atomic mass is 32.2. The molecule has 1 aromatic carbocycles. The van der Waals surface area contributed by atoms with E-state index in [1.54, 1.807) is 44.8 Å². The summed E-state index contributed by atoms with van der Waals surface area (Å²) in [6, 6.07) is 9.45. The number of nitrogens with zero attached hydrogens (tertiary/aromatic N) is 4. The summed E-state index contributed by atoms with van der Waals surface area (Å²) in [5.41, 5.74) is 1.48. The van der Waals surface area contributed by atoms with Gasteiger partial charge in [-0.1, -0.05) is 11.8 Å². The van der Waals surface area contributed by atoms with Crippen molar-refractivity contribution in [3.05, 3.63) is 48.3 Å². The topological polar surface area (TPSA) is 79.1 Å². The van der Waals surface area contributed by atoms with Crippen LogP contribution in [-0.4, -0.2) is 45.5 Å². The molecule has 8 heteroatoms. The standard InChI is InChI=1S/C20H20N4O3S/c1-26-15-5-6-18(27-2)16(11-15)17(25)12-28-20-23-22-19(24(20)14-3-4-14)13-7-9-21-10-8-13/h5-11,14H,3-4,12H2,1-2H3. The van der Waals surface area contributed by atoms with Gasteiger partial charge in [-0.15, -0.1) is 10.2 Å². The first kappa shape index (κ1) is 18.5. The fourth-order valence-corrected chi connectivity index (χ4v) is 3.86. The molecule has 144 valence electrons. The lowest BCUT2D eigenvalue weighted by atomic mass is 10.1. The lowest BCUT2D eigenvalue weighted by Crippen LogP contribution is -2.07. The van der Waals surface area contributed by atoms with E-state index in [9.17, 15) is 4.79 Å². The number of Topliss-reactive ketones (excluding diaryl/α,β-unsaturated/α-hetero) is 1. The summed E-state index contributed by atoms with van der Waals surface area (Å²) in [4.78, 5) is 16.9. The fraction of sp³-hybridized carbons (Fsp3) is 0.300. The Morgan fingerprint density at radius 2 is 1.93 bits per heavy atom. The molecule has 0 radical (unpaired) electrons. The third-order valence-corrected chi connectivity index (χ3v) is 5.50. The molecule has 0 aliphatic heterocycles. The van der Waals surface area contributed by atoms with Crippen LogP contribution in [0.4, 0.5) is 0 Å². The van der Waals surface area contributed by atoms with E-state index >= 15 is 0 Å². The summed E-state index contributed by atoms with van der Waals surface area (Å²) in [5.74, 6) is 2.17. The van der Waals surface area contributed by atoms with Crippen LogP contribution in [0.25, 0.3) is 11.4 Å². The van der Waals surface area contributed by atoms with Crippen molar-refractivity contribution in [1.29, 1.82) is 0 Å². The molecule has 1 aliphatic carbocycles. The summed E-state index contributed by atoms with van der Waals surface area (Å²) in [6.07, 6.45) is 5.68. The SMILES string of the molecule is COc1ccc(OC)c(C(=O)CSc2nnc(-c3ccncc3)n2C2CC2)c1. The zero-order valence-corrected chi connectivity index (χ0v) is 16.5. The van der Waals surface area contributed by atoms with Gasteiger partial charge in [0.15, 0.2) is 16.8 Å². The average Bonchev–Trinajstić information content (AvgIpc) is 3.50. The second kappa shape index (κ2) is 8.02. The second-order valence-electron chi connectivity index (χ2n) is 6.42. The number of carbonyl (C=O) groups is 1. The normalized spacial score (nSPS) is 13.4. The van der Waals surface area contributed by atoms with Crippen molar-refractivity contribution in [3.8, 4) is 22.9 Å². The fourth-order valence-electron chi connectivity index (χ4n) is 2.97. The van der Waals surface area contributed by atoms with E-state index in [2.05, 4.69) is 19.7 Å². The lowest BCUT2D eigenvalue weighted by molar-refractivity contribution is 0.101. The van der Waals surface area contributed by atoms with Crippen molar-refractivity contribution in [2.75, 3.05) is 20.0 Å². The molecule has 3 aromatic rings. The Morgan fingerprint density at radius 3 is 2.61 bits per heavy atom. The van der Waals surface area contributed by atoms with Crippen LogP contribution in [0.2, 0.25) is 0 Å². The zero-order valence-electron chi connectivity index (χ0n) is 15.7. The van der Waals surface area contributed by atoms with E-state index in [-0.39, 0.29) is 11.5 Å². The molecule has 0 atom stereocenters. The summed E-state index contributed by atoms with van der Waals surface area (Å²) < 4.78 is 12.7. The third-order valence-electron chi connectivity index (χ3n) is 4.55. The molecule has 1 saturated carbocycles. The number of ketones is 1. The number of rotatable bonds is 8. The number of benzene rings is 1. The van der Waals surface area contributed by atoms with Crippen molar-refractivity contribution < 1.29 is 14.3 Å². The smallest absolute Gasteiger partial charge is 0.192 e. The Kier molecular flexibility index (Phi) is 5.29. The molecule has 0 spiro atoms. The third kappa shape index (κ3) is 3.73. The number of thioether (sulfide) groups is 1. The van der Waals surface area contributed by atoms with Crippen molar-refractivity contribution >= 4 is 17.5 Å². The number of hydrogen-bond donors (Lipinski definition) is 0. The Balaban J connectivity index is 1.56. The molecule has 7 nitrogen and oxygen atoms in total.